The topological polar surface area (TPSA) is 67.0 Å². The second-order valence-electron chi connectivity index (χ2n) is 7.66. The van der Waals surface area contributed by atoms with Crippen molar-refractivity contribution in [2.75, 3.05) is 12.4 Å². The number of hydrogen-bond donors (Lipinski definition) is 1. The molecule has 0 unspecified atom stereocenters. The maximum atomic E-state index is 12.8. The van der Waals surface area contributed by atoms with E-state index in [4.69, 9.17) is 16.3 Å². The third-order valence-electron chi connectivity index (χ3n) is 5.54. The number of nitriles is 1. The highest BCUT2D eigenvalue weighted by Gasteiger charge is 2.16. The maximum Gasteiger partial charge on any atom is 0.266 e. The fourth-order valence-corrected chi connectivity index (χ4v) is 4.09. The van der Waals surface area contributed by atoms with E-state index < -0.39 is 5.91 Å². The Morgan fingerprint density at radius 1 is 1.06 bits per heavy atom. The third-order valence-corrected chi connectivity index (χ3v) is 5.77. The monoisotopic (exact) mass is 455 g/mol. The molecule has 1 aromatic heterocycles. The number of halogens is 1. The Labute approximate surface area is 197 Å². The number of benzene rings is 3. The van der Waals surface area contributed by atoms with Gasteiger partial charge < -0.3 is 14.6 Å². The Hall–Kier alpha value is -4.01. The molecule has 0 aliphatic rings. The number of methoxy groups -OCH3 is 1. The zero-order valence-electron chi connectivity index (χ0n) is 18.5. The van der Waals surface area contributed by atoms with Crippen LogP contribution in [0.5, 0.6) is 5.75 Å². The lowest BCUT2D eigenvalue weighted by molar-refractivity contribution is -0.112. The molecule has 0 saturated heterocycles. The molecule has 0 bridgehead atoms. The first kappa shape index (κ1) is 22.2. The van der Waals surface area contributed by atoms with Gasteiger partial charge in [0.2, 0.25) is 0 Å². The van der Waals surface area contributed by atoms with E-state index in [-0.39, 0.29) is 5.57 Å². The summed E-state index contributed by atoms with van der Waals surface area (Å²) in [7, 11) is 1.50. The molecule has 0 saturated carbocycles. The lowest BCUT2D eigenvalue weighted by Crippen LogP contribution is -2.14. The maximum absolute atomic E-state index is 12.8. The van der Waals surface area contributed by atoms with Crippen molar-refractivity contribution >= 4 is 40.0 Å². The standard InChI is InChI=1S/C27H22ClN3O2/c1-17-12-21(18(2)31(17)24-10-8-19-6-4-5-7-20(19)14-24)13-22(16-29)27(32)30-25-15-23(28)9-11-26(25)33-3/h4-15H,1-3H3,(H,30,32)/b22-13+. The molecule has 0 radical (unpaired) electrons. The highest BCUT2D eigenvalue weighted by molar-refractivity contribution is 6.31. The number of fused-ring (bicyclic) bond motifs is 1. The van der Waals surface area contributed by atoms with Crippen LogP contribution in [0.25, 0.3) is 22.5 Å². The molecular formula is C27H22ClN3O2. The van der Waals surface area contributed by atoms with E-state index >= 15 is 0 Å². The summed E-state index contributed by atoms with van der Waals surface area (Å²) in [5, 5.41) is 15.2. The number of carbonyl (C=O) groups excluding carboxylic acids is 1. The molecule has 4 rings (SSSR count). The first-order valence-electron chi connectivity index (χ1n) is 10.4. The Morgan fingerprint density at radius 3 is 2.55 bits per heavy atom. The quantitative estimate of drug-likeness (QED) is 0.277. The van der Waals surface area contributed by atoms with Gasteiger partial charge in [0, 0.05) is 22.1 Å². The molecular weight excluding hydrogens is 434 g/mol. The molecule has 1 amide bonds. The molecule has 3 aromatic carbocycles. The predicted molar refractivity (Wildman–Crippen MR) is 133 cm³/mol. The van der Waals surface area contributed by atoms with Crippen molar-refractivity contribution < 1.29 is 9.53 Å². The molecule has 33 heavy (non-hydrogen) atoms. The third kappa shape index (κ3) is 4.48. The SMILES string of the molecule is COc1ccc(Cl)cc1NC(=O)/C(C#N)=C/c1cc(C)n(-c2ccc3ccccc3c2)c1C. The summed E-state index contributed by atoms with van der Waals surface area (Å²) in [5.41, 5.74) is 4.14. The number of aromatic nitrogens is 1. The van der Waals surface area contributed by atoms with Crippen molar-refractivity contribution in [3.63, 3.8) is 0 Å². The first-order valence-corrected chi connectivity index (χ1v) is 10.7. The van der Waals surface area contributed by atoms with Gasteiger partial charge in [0.15, 0.2) is 0 Å². The van der Waals surface area contributed by atoms with Crippen molar-refractivity contribution in [3.8, 4) is 17.5 Å². The summed E-state index contributed by atoms with van der Waals surface area (Å²) < 4.78 is 7.39. The fraction of sp³-hybridized carbons (Fsp3) is 0.111. The second kappa shape index (κ2) is 9.23. The van der Waals surface area contributed by atoms with E-state index in [2.05, 4.69) is 40.2 Å². The summed E-state index contributed by atoms with van der Waals surface area (Å²) in [4.78, 5) is 12.8. The number of rotatable bonds is 5. The summed E-state index contributed by atoms with van der Waals surface area (Å²) in [6.45, 7) is 3.98. The average molecular weight is 456 g/mol. The molecule has 0 atom stereocenters. The number of hydrogen-bond acceptors (Lipinski definition) is 3. The summed E-state index contributed by atoms with van der Waals surface area (Å²) >= 11 is 6.05. The van der Waals surface area contributed by atoms with Crippen LogP contribution in [0.4, 0.5) is 5.69 Å². The molecule has 1 N–H and O–H groups in total. The van der Waals surface area contributed by atoms with Crippen LogP contribution in [-0.4, -0.2) is 17.6 Å². The fourth-order valence-electron chi connectivity index (χ4n) is 3.92. The van der Waals surface area contributed by atoms with Crippen LogP contribution in [-0.2, 0) is 4.79 Å². The van der Waals surface area contributed by atoms with E-state index in [1.165, 1.54) is 12.5 Å². The van der Waals surface area contributed by atoms with Crippen LogP contribution < -0.4 is 10.1 Å². The number of nitrogens with zero attached hydrogens (tertiary/aromatic N) is 2. The van der Waals surface area contributed by atoms with Crippen LogP contribution in [0.15, 0.2) is 72.3 Å². The molecule has 6 heteroatoms. The Morgan fingerprint density at radius 2 is 1.82 bits per heavy atom. The number of aryl methyl sites for hydroxylation is 1. The van der Waals surface area contributed by atoms with E-state index in [1.807, 2.05) is 38.1 Å². The van der Waals surface area contributed by atoms with E-state index in [1.54, 1.807) is 24.3 Å². The Balaban J connectivity index is 1.68. The molecule has 0 aliphatic carbocycles. The normalized spacial score (nSPS) is 11.3. The molecule has 0 spiro atoms. The van der Waals surface area contributed by atoms with Gasteiger partial charge in [-0.15, -0.1) is 0 Å². The minimum Gasteiger partial charge on any atom is -0.495 e. The first-order chi connectivity index (χ1) is 15.9. The molecule has 1 heterocycles. The largest absolute Gasteiger partial charge is 0.495 e. The highest BCUT2D eigenvalue weighted by atomic mass is 35.5. The highest BCUT2D eigenvalue weighted by Crippen LogP contribution is 2.29. The van der Waals surface area contributed by atoms with Crippen LogP contribution in [0, 0.1) is 25.2 Å². The lowest BCUT2D eigenvalue weighted by Gasteiger charge is -2.11. The van der Waals surface area contributed by atoms with Crippen molar-refractivity contribution in [1.29, 1.82) is 5.26 Å². The second-order valence-corrected chi connectivity index (χ2v) is 8.10. The van der Waals surface area contributed by atoms with Crippen molar-refractivity contribution in [1.82, 2.24) is 4.57 Å². The van der Waals surface area contributed by atoms with Gasteiger partial charge in [-0.2, -0.15) is 5.26 Å². The molecule has 0 aliphatic heterocycles. The molecule has 0 fully saturated rings. The van der Waals surface area contributed by atoms with Crippen LogP contribution in [0.2, 0.25) is 5.02 Å². The molecule has 5 nitrogen and oxygen atoms in total. The van der Waals surface area contributed by atoms with Gasteiger partial charge >= 0.3 is 0 Å². The van der Waals surface area contributed by atoms with Crippen LogP contribution in [0.3, 0.4) is 0 Å². The smallest absolute Gasteiger partial charge is 0.266 e. The minimum absolute atomic E-state index is 0.0178. The average Bonchev–Trinajstić information content (AvgIpc) is 3.09. The van der Waals surface area contributed by atoms with Gasteiger partial charge in [0.25, 0.3) is 5.91 Å². The Kier molecular flexibility index (Phi) is 6.21. The number of nitrogens with one attached hydrogen (secondary N) is 1. The van der Waals surface area contributed by atoms with Gasteiger partial charge in [-0.25, -0.2) is 0 Å². The molecule has 164 valence electrons. The van der Waals surface area contributed by atoms with Crippen molar-refractivity contribution in [2.24, 2.45) is 0 Å². The van der Waals surface area contributed by atoms with Gasteiger partial charge in [-0.1, -0.05) is 41.9 Å². The Bertz CT molecular complexity index is 1440. The van der Waals surface area contributed by atoms with Gasteiger partial charge in [0.05, 0.1) is 12.8 Å². The summed E-state index contributed by atoms with van der Waals surface area (Å²) in [6, 6.07) is 23.4. The van der Waals surface area contributed by atoms with Gasteiger partial charge in [0.1, 0.15) is 17.4 Å². The van der Waals surface area contributed by atoms with Crippen molar-refractivity contribution in [3.05, 3.63) is 94.3 Å². The van der Waals surface area contributed by atoms with E-state index in [0.29, 0.717) is 16.5 Å². The number of anilines is 1. The van der Waals surface area contributed by atoms with Crippen molar-refractivity contribution in [2.45, 2.75) is 13.8 Å². The van der Waals surface area contributed by atoms with Gasteiger partial charge in [-0.3, -0.25) is 4.79 Å². The van der Waals surface area contributed by atoms with E-state index in [0.717, 1.165) is 28.0 Å². The van der Waals surface area contributed by atoms with E-state index in [9.17, 15) is 10.1 Å². The number of carbonyl (C=O) groups is 1. The number of ether oxygens (including phenoxy) is 1. The lowest BCUT2D eigenvalue weighted by atomic mass is 10.1. The van der Waals surface area contributed by atoms with Gasteiger partial charge in [-0.05, 0) is 72.7 Å². The number of amides is 1. The zero-order valence-corrected chi connectivity index (χ0v) is 19.3. The summed E-state index contributed by atoms with van der Waals surface area (Å²) in [6.07, 6.45) is 1.60. The van der Waals surface area contributed by atoms with Crippen LogP contribution in [0.1, 0.15) is 17.0 Å². The van der Waals surface area contributed by atoms with Crippen LogP contribution >= 0.6 is 11.6 Å². The summed E-state index contributed by atoms with van der Waals surface area (Å²) in [5.74, 6) is -0.0758. The molecule has 4 aromatic rings. The predicted octanol–water partition coefficient (Wildman–Crippen LogP) is 6.46. The zero-order chi connectivity index (χ0) is 23.5. The minimum atomic E-state index is -0.534.